The van der Waals surface area contributed by atoms with Gasteiger partial charge in [-0.3, -0.25) is 14.6 Å². The fourth-order valence-electron chi connectivity index (χ4n) is 7.82. The van der Waals surface area contributed by atoms with Gasteiger partial charge < -0.3 is 15.5 Å². The minimum absolute atomic E-state index is 0.291. The zero-order chi connectivity index (χ0) is 21.4. The maximum atomic E-state index is 13.2. The number of rotatable bonds is 4. The molecule has 6 nitrogen and oxygen atoms in total. The number of carbonyl (C=O) groups is 1. The Labute approximate surface area is 189 Å². The summed E-state index contributed by atoms with van der Waals surface area (Å²) >= 11 is 0. The smallest absolute Gasteiger partial charge is 0.234 e. The van der Waals surface area contributed by atoms with Gasteiger partial charge in [0, 0.05) is 43.6 Å². The van der Waals surface area contributed by atoms with Gasteiger partial charge in [-0.05, 0) is 44.4 Å². The second-order valence-corrected chi connectivity index (χ2v) is 11.7. The Morgan fingerprint density at radius 2 is 1.81 bits per heavy atom. The van der Waals surface area contributed by atoms with Crippen LogP contribution in [0, 0.1) is 17.8 Å². The maximum Gasteiger partial charge on any atom is 0.234 e. The number of fused-ring (bicyclic) bond motifs is 2. The van der Waals surface area contributed by atoms with E-state index in [-0.39, 0.29) is 0 Å². The highest BCUT2D eigenvalue weighted by atomic mass is 16.2. The normalized spacial score (nSPS) is 42.7. The van der Waals surface area contributed by atoms with E-state index in [1.807, 2.05) is 0 Å². The monoisotopic (exact) mass is 433 g/mol. The Hall–Kier alpha value is -0.690. The summed E-state index contributed by atoms with van der Waals surface area (Å²) < 4.78 is 0. The van der Waals surface area contributed by atoms with Gasteiger partial charge in [0.05, 0.1) is 32.7 Å². The summed E-state index contributed by atoms with van der Waals surface area (Å²) in [6.07, 6.45) is 12.8. The molecule has 2 saturated carbocycles. The number of nitrogens with zero attached hydrogens (tertiary/aromatic N) is 2. The molecule has 3 aliphatic heterocycles. The summed E-state index contributed by atoms with van der Waals surface area (Å²) in [6.45, 7) is 8.74. The number of hydrogen-bond donors (Lipinski definition) is 3. The molecule has 2 aliphatic carbocycles. The maximum absolute atomic E-state index is 13.2. The van der Waals surface area contributed by atoms with Crippen molar-refractivity contribution >= 4 is 5.91 Å². The third-order valence-corrected chi connectivity index (χ3v) is 9.57. The molecule has 5 aliphatic rings. The van der Waals surface area contributed by atoms with E-state index in [0.717, 1.165) is 38.1 Å². The zero-order valence-electron chi connectivity index (χ0n) is 20.0. The first-order valence-electron chi connectivity index (χ1n) is 13.5. The Bertz CT molecular complexity index is 621. The molecule has 31 heavy (non-hydrogen) atoms. The molecule has 176 valence electrons. The average molecular weight is 434 g/mol. The van der Waals surface area contributed by atoms with E-state index in [4.69, 9.17) is 0 Å². The first-order chi connectivity index (χ1) is 15.1. The second kappa shape index (κ2) is 9.66. The predicted molar refractivity (Wildman–Crippen MR) is 123 cm³/mol. The fraction of sp³-hybridized carbons (Fsp3) is 0.960. The van der Waals surface area contributed by atoms with Crippen LogP contribution in [0.1, 0.15) is 64.7 Å². The molecular formula is C25H47N5O+2. The number of quaternary nitrogens is 2. The van der Waals surface area contributed by atoms with Crippen molar-refractivity contribution in [3.05, 3.63) is 0 Å². The molecule has 5 rings (SSSR count). The minimum atomic E-state index is 0.291. The molecule has 0 bridgehead atoms. The molecule has 0 radical (unpaired) electrons. The molecule has 1 amide bonds. The number of likely N-dealkylation sites (tertiary alicyclic amines) is 1. The van der Waals surface area contributed by atoms with Gasteiger partial charge in [-0.2, -0.15) is 0 Å². The lowest BCUT2D eigenvalue weighted by atomic mass is 9.71. The van der Waals surface area contributed by atoms with E-state index in [1.165, 1.54) is 64.3 Å². The molecule has 7 atom stereocenters. The largest absolute Gasteiger partial charge is 0.351 e. The first kappa shape index (κ1) is 22.1. The number of piperidine rings is 1. The van der Waals surface area contributed by atoms with Gasteiger partial charge in [-0.1, -0.05) is 26.2 Å². The van der Waals surface area contributed by atoms with Gasteiger partial charge in [-0.25, -0.2) is 0 Å². The molecule has 3 heterocycles. The second-order valence-electron chi connectivity index (χ2n) is 11.7. The third kappa shape index (κ3) is 4.83. The molecular weight excluding hydrogens is 386 g/mol. The molecule has 0 aromatic carbocycles. The van der Waals surface area contributed by atoms with Crippen LogP contribution in [0.3, 0.4) is 0 Å². The van der Waals surface area contributed by atoms with Gasteiger partial charge >= 0.3 is 0 Å². The lowest BCUT2D eigenvalue weighted by Gasteiger charge is -2.48. The van der Waals surface area contributed by atoms with Crippen molar-refractivity contribution in [1.29, 1.82) is 0 Å². The Kier molecular flexibility index (Phi) is 6.89. The Morgan fingerprint density at radius 3 is 2.61 bits per heavy atom. The minimum Gasteiger partial charge on any atom is -0.351 e. The van der Waals surface area contributed by atoms with Crippen LogP contribution in [0.4, 0.5) is 0 Å². The van der Waals surface area contributed by atoms with Gasteiger partial charge in [0.25, 0.3) is 0 Å². The molecule has 5 fully saturated rings. The molecule has 7 unspecified atom stereocenters. The van der Waals surface area contributed by atoms with E-state index >= 15 is 0 Å². The number of amides is 1. The molecule has 3 saturated heterocycles. The number of likely N-dealkylation sites (N-methyl/N-ethyl adjacent to an activating group) is 1. The van der Waals surface area contributed by atoms with Crippen molar-refractivity contribution in [1.82, 2.24) is 15.1 Å². The van der Waals surface area contributed by atoms with Crippen LogP contribution in [0.25, 0.3) is 0 Å². The van der Waals surface area contributed by atoms with Gasteiger partial charge in [0.15, 0.2) is 0 Å². The summed E-state index contributed by atoms with van der Waals surface area (Å²) in [4.78, 5) is 20.0. The van der Waals surface area contributed by atoms with Crippen LogP contribution >= 0.6 is 0 Å². The van der Waals surface area contributed by atoms with Gasteiger partial charge in [0.2, 0.25) is 5.91 Å². The highest BCUT2D eigenvalue weighted by molar-refractivity contribution is 5.78. The van der Waals surface area contributed by atoms with Crippen molar-refractivity contribution in [2.75, 3.05) is 46.3 Å². The number of carbonyl (C=O) groups excluding carboxylic acids is 1. The van der Waals surface area contributed by atoms with E-state index < -0.39 is 0 Å². The number of nitrogens with one attached hydrogen (secondary N) is 2. The van der Waals surface area contributed by atoms with Crippen LogP contribution < -0.4 is 15.5 Å². The van der Waals surface area contributed by atoms with Crippen molar-refractivity contribution in [3.63, 3.8) is 0 Å². The standard InChI is InChI=1S/C25H45N5O/c1-18-6-5-7-19(16-18)30-11-10-21-24(20-8-3-4-9-22(20)26-25(21)30)27-23(31)17-29-14-12-28(2)13-15-29/h18-22,24-26H,3-17H2,1-2H3,(H,27,31)/p+2. The van der Waals surface area contributed by atoms with Gasteiger partial charge in [-0.15, -0.1) is 0 Å². The SMILES string of the molecule is CC1CCCC(N2CCC3C(NC(=O)CN4CC[NH+](C)CC4)C4CCCCC4[NH2+]C32)C1. The van der Waals surface area contributed by atoms with E-state index in [1.54, 1.807) is 4.90 Å². The van der Waals surface area contributed by atoms with Crippen LogP contribution in [0.5, 0.6) is 0 Å². The lowest BCUT2D eigenvalue weighted by Crippen LogP contribution is -3.12. The Balaban J connectivity index is 1.26. The summed E-state index contributed by atoms with van der Waals surface area (Å²) in [5, 5.41) is 6.42. The average Bonchev–Trinajstić information content (AvgIpc) is 3.19. The van der Waals surface area contributed by atoms with Crippen molar-refractivity contribution in [2.45, 2.75) is 89.0 Å². The van der Waals surface area contributed by atoms with E-state index in [0.29, 0.717) is 42.5 Å². The number of hydrogen-bond acceptors (Lipinski definition) is 3. The lowest BCUT2D eigenvalue weighted by molar-refractivity contribution is -0.884. The highest BCUT2D eigenvalue weighted by Gasteiger charge is 2.54. The predicted octanol–water partition coefficient (Wildman–Crippen LogP) is -0.336. The molecule has 0 spiro atoms. The van der Waals surface area contributed by atoms with E-state index in [2.05, 4.69) is 34.4 Å². The van der Waals surface area contributed by atoms with Crippen molar-refractivity contribution < 1.29 is 15.0 Å². The topological polar surface area (TPSA) is 56.6 Å². The first-order valence-corrected chi connectivity index (χ1v) is 13.5. The van der Waals surface area contributed by atoms with Crippen LogP contribution in [0.15, 0.2) is 0 Å². The van der Waals surface area contributed by atoms with Crippen LogP contribution in [-0.2, 0) is 4.79 Å². The van der Waals surface area contributed by atoms with Crippen molar-refractivity contribution in [3.8, 4) is 0 Å². The molecule has 6 heteroatoms. The quantitative estimate of drug-likeness (QED) is 0.569. The zero-order valence-corrected chi connectivity index (χ0v) is 20.0. The van der Waals surface area contributed by atoms with E-state index in [9.17, 15) is 4.79 Å². The Morgan fingerprint density at radius 1 is 1.00 bits per heavy atom. The summed E-state index contributed by atoms with van der Waals surface area (Å²) in [6, 6.07) is 1.89. The number of piperazine rings is 1. The highest BCUT2D eigenvalue weighted by Crippen LogP contribution is 2.40. The van der Waals surface area contributed by atoms with Crippen LogP contribution in [-0.4, -0.2) is 86.3 Å². The van der Waals surface area contributed by atoms with Gasteiger partial charge in [0.1, 0.15) is 6.17 Å². The molecule has 0 aromatic rings. The summed E-state index contributed by atoms with van der Waals surface area (Å²) in [5.41, 5.74) is 0. The number of nitrogens with two attached hydrogens (primary N) is 1. The molecule has 0 aromatic heterocycles. The fourth-order valence-corrected chi connectivity index (χ4v) is 7.82. The summed E-state index contributed by atoms with van der Waals surface area (Å²) in [7, 11) is 2.26. The molecule has 4 N–H and O–H groups in total. The van der Waals surface area contributed by atoms with Crippen LogP contribution in [0.2, 0.25) is 0 Å². The van der Waals surface area contributed by atoms with Crippen molar-refractivity contribution in [2.24, 2.45) is 17.8 Å². The third-order valence-electron chi connectivity index (χ3n) is 9.57. The summed E-state index contributed by atoms with van der Waals surface area (Å²) in [5.74, 6) is 2.49.